The van der Waals surface area contributed by atoms with E-state index in [2.05, 4.69) is 21.7 Å². The lowest BCUT2D eigenvalue weighted by Gasteiger charge is -2.16. The summed E-state index contributed by atoms with van der Waals surface area (Å²) in [6.07, 6.45) is 4.66. The molecular formula is C17H23N3O. The Kier molecular flexibility index (Phi) is 5.17. The van der Waals surface area contributed by atoms with E-state index in [0.717, 1.165) is 16.7 Å². The third-order valence-corrected chi connectivity index (χ3v) is 3.80. The van der Waals surface area contributed by atoms with Crippen molar-refractivity contribution in [1.29, 1.82) is 0 Å². The summed E-state index contributed by atoms with van der Waals surface area (Å²) in [7, 11) is 1.82. The number of para-hydroxylation sites is 1. The fourth-order valence-corrected chi connectivity index (χ4v) is 2.30. The molecule has 0 aliphatic heterocycles. The van der Waals surface area contributed by atoms with Crippen LogP contribution in [0.3, 0.4) is 0 Å². The highest BCUT2D eigenvalue weighted by molar-refractivity contribution is 5.86. The molecule has 4 heteroatoms. The summed E-state index contributed by atoms with van der Waals surface area (Å²) in [5.74, 6) is 0.0315. The number of aromatic nitrogens is 1. The first kappa shape index (κ1) is 15.3. The van der Waals surface area contributed by atoms with Crippen LogP contribution in [0.25, 0.3) is 10.9 Å². The molecule has 0 aliphatic carbocycles. The van der Waals surface area contributed by atoms with Gasteiger partial charge >= 0.3 is 0 Å². The molecule has 0 aliphatic rings. The molecule has 1 heterocycles. The van der Waals surface area contributed by atoms with E-state index in [1.165, 1.54) is 5.39 Å². The van der Waals surface area contributed by atoms with E-state index in [9.17, 15) is 4.79 Å². The van der Waals surface area contributed by atoms with Gasteiger partial charge in [-0.15, -0.1) is 0 Å². The van der Waals surface area contributed by atoms with Crippen LogP contribution in [0.1, 0.15) is 19.4 Å². The summed E-state index contributed by atoms with van der Waals surface area (Å²) in [5.41, 5.74) is 3.42. The van der Waals surface area contributed by atoms with Crippen LogP contribution in [0.15, 0.2) is 42.1 Å². The van der Waals surface area contributed by atoms with Crippen LogP contribution >= 0.6 is 0 Å². The number of amides is 1. The number of nitrogens with one attached hydrogen (secondary N) is 3. The summed E-state index contributed by atoms with van der Waals surface area (Å²) < 4.78 is 0. The Morgan fingerprint density at radius 3 is 2.86 bits per heavy atom. The largest absolute Gasteiger partial charge is 0.361 e. The average Bonchev–Trinajstić information content (AvgIpc) is 2.93. The number of aromatic amines is 1. The molecule has 0 fully saturated rings. The molecule has 0 bridgehead atoms. The van der Waals surface area contributed by atoms with Crippen LogP contribution in [0.5, 0.6) is 0 Å². The van der Waals surface area contributed by atoms with Gasteiger partial charge in [-0.3, -0.25) is 4.79 Å². The number of carbonyl (C=O) groups is 1. The highest BCUT2D eigenvalue weighted by Crippen LogP contribution is 2.19. The Labute approximate surface area is 125 Å². The van der Waals surface area contributed by atoms with Gasteiger partial charge in [0.25, 0.3) is 0 Å². The zero-order valence-electron chi connectivity index (χ0n) is 12.9. The fraction of sp³-hybridized carbons (Fsp3) is 0.353. The fourth-order valence-electron chi connectivity index (χ4n) is 2.30. The maximum absolute atomic E-state index is 12.2. The van der Waals surface area contributed by atoms with Gasteiger partial charge in [0.15, 0.2) is 0 Å². The molecule has 0 saturated heterocycles. The molecule has 0 spiro atoms. The van der Waals surface area contributed by atoms with Gasteiger partial charge in [-0.1, -0.05) is 29.8 Å². The number of hydrogen-bond donors (Lipinski definition) is 3. The molecule has 1 aromatic heterocycles. The van der Waals surface area contributed by atoms with Crippen molar-refractivity contribution in [3.63, 3.8) is 0 Å². The number of carbonyl (C=O) groups excluding carboxylic acids is 1. The summed E-state index contributed by atoms with van der Waals surface area (Å²) >= 11 is 0. The zero-order chi connectivity index (χ0) is 15.2. The normalized spacial score (nSPS) is 13.4. The van der Waals surface area contributed by atoms with Crippen molar-refractivity contribution in [3.8, 4) is 0 Å². The molecule has 1 aromatic carbocycles. The van der Waals surface area contributed by atoms with Gasteiger partial charge in [-0.25, -0.2) is 0 Å². The highest BCUT2D eigenvalue weighted by atomic mass is 16.2. The van der Waals surface area contributed by atoms with E-state index >= 15 is 0 Å². The predicted molar refractivity (Wildman–Crippen MR) is 87.3 cm³/mol. The first-order valence-corrected chi connectivity index (χ1v) is 7.27. The monoisotopic (exact) mass is 285 g/mol. The molecule has 3 N–H and O–H groups in total. The van der Waals surface area contributed by atoms with Crippen molar-refractivity contribution in [1.82, 2.24) is 15.6 Å². The van der Waals surface area contributed by atoms with Crippen molar-refractivity contribution in [3.05, 3.63) is 47.7 Å². The summed E-state index contributed by atoms with van der Waals surface area (Å²) in [6.45, 7) is 4.58. The maximum Gasteiger partial charge on any atom is 0.237 e. The van der Waals surface area contributed by atoms with E-state index < -0.39 is 0 Å². The van der Waals surface area contributed by atoms with E-state index in [0.29, 0.717) is 13.0 Å². The average molecular weight is 285 g/mol. The molecule has 0 unspecified atom stereocenters. The number of allylic oxidation sites excluding steroid dienone is 1. The van der Waals surface area contributed by atoms with Crippen molar-refractivity contribution in [2.45, 2.75) is 26.3 Å². The Bertz CT molecular complexity index is 642. The number of likely N-dealkylation sites (N-methyl/N-ethyl adjacent to an activating group) is 1. The molecule has 0 radical (unpaired) electrons. The van der Waals surface area contributed by atoms with Crippen molar-refractivity contribution in [2.24, 2.45) is 0 Å². The Hall–Kier alpha value is -2.07. The van der Waals surface area contributed by atoms with E-state index in [1.54, 1.807) is 0 Å². The minimum Gasteiger partial charge on any atom is -0.361 e. The predicted octanol–water partition coefficient (Wildman–Crippen LogP) is 2.38. The topological polar surface area (TPSA) is 56.9 Å². The molecule has 112 valence electrons. The first-order chi connectivity index (χ1) is 10.2. The standard InChI is InChI=1S/C17H23N3O/c1-4-12(2)10-20-17(21)16(18-3)9-13-11-19-15-8-6-5-7-14(13)15/h4-8,11,16,18-19H,9-10H2,1-3H3,(H,20,21)/b12-4+/t16-/m1/s1. The number of benzene rings is 1. The third kappa shape index (κ3) is 3.73. The minimum atomic E-state index is -0.228. The van der Waals surface area contributed by atoms with Gasteiger partial charge in [0.05, 0.1) is 6.04 Å². The molecule has 0 saturated carbocycles. The molecule has 2 aromatic rings. The Morgan fingerprint density at radius 1 is 1.38 bits per heavy atom. The van der Waals surface area contributed by atoms with Crippen LogP contribution < -0.4 is 10.6 Å². The van der Waals surface area contributed by atoms with E-state index in [4.69, 9.17) is 0 Å². The number of fused-ring (bicyclic) bond motifs is 1. The molecular weight excluding hydrogens is 262 g/mol. The number of H-pyrrole nitrogens is 1. The van der Waals surface area contributed by atoms with Gasteiger partial charge in [0, 0.05) is 23.6 Å². The molecule has 2 rings (SSSR count). The lowest BCUT2D eigenvalue weighted by atomic mass is 10.0. The minimum absolute atomic E-state index is 0.0315. The zero-order valence-corrected chi connectivity index (χ0v) is 12.9. The second-order valence-corrected chi connectivity index (χ2v) is 5.26. The van der Waals surface area contributed by atoms with Gasteiger partial charge < -0.3 is 15.6 Å². The molecule has 1 amide bonds. The molecule has 21 heavy (non-hydrogen) atoms. The Morgan fingerprint density at radius 2 is 2.14 bits per heavy atom. The quantitative estimate of drug-likeness (QED) is 0.714. The summed E-state index contributed by atoms with van der Waals surface area (Å²) in [4.78, 5) is 15.5. The lowest BCUT2D eigenvalue weighted by molar-refractivity contribution is -0.122. The van der Waals surface area contributed by atoms with Crippen molar-refractivity contribution < 1.29 is 4.79 Å². The lowest BCUT2D eigenvalue weighted by Crippen LogP contribution is -2.44. The number of hydrogen-bond acceptors (Lipinski definition) is 2. The van der Waals surface area contributed by atoms with Crippen LogP contribution in [-0.4, -0.2) is 30.5 Å². The van der Waals surface area contributed by atoms with Crippen molar-refractivity contribution in [2.75, 3.05) is 13.6 Å². The molecule has 1 atom stereocenters. The van der Waals surface area contributed by atoms with Gasteiger partial charge in [0.2, 0.25) is 5.91 Å². The first-order valence-electron chi connectivity index (χ1n) is 7.27. The summed E-state index contributed by atoms with van der Waals surface area (Å²) in [5, 5.41) is 7.24. The Balaban J connectivity index is 2.06. The van der Waals surface area contributed by atoms with E-state index in [-0.39, 0.29) is 11.9 Å². The second kappa shape index (κ2) is 7.09. The third-order valence-electron chi connectivity index (χ3n) is 3.80. The number of rotatable bonds is 6. The van der Waals surface area contributed by atoms with Crippen LogP contribution in [0.4, 0.5) is 0 Å². The van der Waals surface area contributed by atoms with Crippen LogP contribution in [0, 0.1) is 0 Å². The SMILES string of the molecule is C/C=C(\C)CNC(=O)[C@@H](Cc1c[nH]c2ccccc12)NC. The maximum atomic E-state index is 12.2. The van der Waals surface area contributed by atoms with Crippen molar-refractivity contribution >= 4 is 16.8 Å². The van der Waals surface area contributed by atoms with Gasteiger partial charge in [-0.2, -0.15) is 0 Å². The van der Waals surface area contributed by atoms with Crippen LogP contribution in [0.2, 0.25) is 0 Å². The smallest absolute Gasteiger partial charge is 0.237 e. The van der Waals surface area contributed by atoms with Gasteiger partial charge in [0.1, 0.15) is 0 Å². The van der Waals surface area contributed by atoms with E-state index in [1.807, 2.05) is 51.4 Å². The van der Waals surface area contributed by atoms with Gasteiger partial charge in [-0.05, 0) is 38.9 Å². The second-order valence-electron chi connectivity index (χ2n) is 5.26. The highest BCUT2D eigenvalue weighted by Gasteiger charge is 2.18. The van der Waals surface area contributed by atoms with Crippen LogP contribution in [-0.2, 0) is 11.2 Å². The summed E-state index contributed by atoms with van der Waals surface area (Å²) in [6, 6.07) is 7.92. The molecule has 4 nitrogen and oxygen atoms in total.